The number of halogens is 2. The topological polar surface area (TPSA) is 200 Å². The first-order valence-corrected chi connectivity index (χ1v) is 33.0. The van der Waals surface area contributed by atoms with E-state index in [1.165, 1.54) is 23.5 Å². The highest BCUT2D eigenvalue weighted by atomic mass is 32.2. The van der Waals surface area contributed by atoms with Gasteiger partial charge in [0.15, 0.2) is 21.3 Å². The molecule has 0 aliphatic carbocycles. The highest BCUT2D eigenvalue weighted by Crippen LogP contribution is 2.36. The quantitative estimate of drug-likeness (QED) is 0.0434. The number of methoxy groups -OCH3 is 1. The molecule has 21 heteroatoms. The summed E-state index contributed by atoms with van der Waals surface area (Å²) in [5.41, 5.74) is 7.26. The number of ether oxygens (including phenoxy) is 2. The summed E-state index contributed by atoms with van der Waals surface area (Å²) in [5.74, 6) is -1.17. The Morgan fingerprint density at radius 3 is 2.12 bits per heavy atom. The number of benzene rings is 4. The number of piperazine rings is 1. The molecule has 3 atom stereocenters. The van der Waals surface area contributed by atoms with Crippen LogP contribution in [0.5, 0.6) is 11.5 Å². The van der Waals surface area contributed by atoms with Crippen LogP contribution in [0, 0.1) is 24.0 Å². The fourth-order valence-electron chi connectivity index (χ4n) is 11.6. The van der Waals surface area contributed by atoms with E-state index in [4.69, 9.17) is 14.5 Å². The van der Waals surface area contributed by atoms with Crippen molar-refractivity contribution in [3.63, 3.8) is 0 Å². The average molecular weight is 1220 g/mol. The third-order valence-electron chi connectivity index (χ3n) is 16.7. The number of unbranched alkanes of at least 4 members (excludes halogenated alkanes) is 6. The number of amides is 3. The summed E-state index contributed by atoms with van der Waals surface area (Å²) in [7, 11) is -1.53. The van der Waals surface area contributed by atoms with Gasteiger partial charge in [0.25, 0.3) is 0 Å². The third kappa shape index (κ3) is 17.0. The van der Waals surface area contributed by atoms with Crippen molar-refractivity contribution in [1.82, 2.24) is 45.2 Å². The zero-order chi connectivity index (χ0) is 61.0. The van der Waals surface area contributed by atoms with Gasteiger partial charge in [-0.25, -0.2) is 27.2 Å². The van der Waals surface area contributed by atoms with E-state index in [-0.39, 0.29) is 73.9 Å². The van der Waals surface area contributed by atoms with Gasteiger partial charge in [-0.15, -0.1) is 11.3 Å². The number of hydrogen-bond donors (Lipinski definition) is 3. The van der Waals surface area contributed by atoms with Crippen molar-refractivity contribution in [1.29, 1.82) is 0 Å². The van der Waals surface area contributed by atoms with Gasteiger partial charge in [0.2, 0.25) is 17.7 Å². The van der Waals surface area contributed by atoms with Crippen LogP contribution in [-0.4, -0.2) is 168 Å². The summed E-state index contributed by atoms with van der Waals surface area (Å²) in [6.45, 7) is 15.1. The first-order chi connectivity index (χ1) is 41.3. The second-order valence-corrected chi connectivity index (χ2v) is 27.4. The zero-order valence-corrected chi connectivity index (χ0v) is 51.9. The van der Waals surface area contributed by atoms with Crippen molar-refractivity contribution >= 4 is 49.9 Å². The lowest BCUT2D eigenvalue weighted by Gasteiger charge is -2.35. The molecule has 3 saturated heterocycles. The summed E-state index contributed by atoms with van der Waals surface area (Å²) in [5, 5.41) is 16.6. The standard InChI is InChI=1S/C65H83F2N9O8S2/c1-44-61(85-43-70-44)46-20-18-45(19-21-46)39-69-63(79)56-38-49(77)41-76(56)64(80)62(65(2,3)4)72-59(78)17-11-9-7-6-8-10-12-24-73-26-28-74(29-27-73)25-14-32-84-57-23-22-47(37-58(57)83-5)55-40-68-54-16-13-15-50(60(54)71-55)48-35-52(66)51(53(67)36-48)42-75-30-33-86(81,82)34-31-75/h13,15-16,18-23,35-37,40,43,49,56,62,77H,6-12,14,17,24-34,38-39,41-42H2,1-5H3,(H,69,79)(H,72,78)/t49-,56+,62-/m1/s1. The van der Waals surface area contributed by atoms with Crippen LogP contribution in [0.15, 0.2) is 84.5 Å². The Labute approximate surface area is 508 Å². The molecule has 0 unspecified atom stereocenters. The average Bonchev–Trinajstić information content (AvgIpc) is 1.16. The molecule has 3 fully saturated rings. The predicted molar refractivity (Wildman–Crippen MR) is 332 cm³/mol. The summed E-state index contributed by atoms with van der Waals surface area (Å²) in [6.07, 6.45) is 9.44. The molecule has 462 valence electrons. The molecule has 0 spiro atoms. The van der Waals surface area contributed by atoms with Crippen LogP contribution in [0.1, 0.15) is 102 Å². The van der Waals surface area contributed by atoms with E-state index in [0.29, 0.717) is 52.4 Å². The molecule has 3 aliphatic heterocycles. The molecule has 3 aliphatic rings. The summed E-state index contributed by atoms with van der Waals surface area (Å²) < 4.78 is 66.8. The molecule has 3 N–H and O–H groups in total. The second kappa shape index (κ2) is 29.5. The lowest BCUT2D eigenvalue weighted by atomic mass is 9.85. The Morgan fingerprint density at radius 2 is 1.45 bits per heavy atom. The molecule has 0 bridgehead atoms. The lowest BCUT2D eigenvalue weighted by Crippen LogP contribution is -2.57. The maximum atomic E-state index is 15.6. The number of β-amino-alcohol motifs (C(OH)–C–C–N with tert-alkyl or cyclic N) is 1. The number of aliphatic hydroxyl groups is 1. The number of nitrogens with one attached hydrogen (secondary N) is 2. The van der Waals surface area contributed by atoms with E-state index in [2.05, 4.69) is 30.4 Å². The van der Waals surface area contributed by atoms with Gasteiger partial charge in [-0.2, -0.15) is 0 Å². The van der Waals surface area contributed by atoms with Gasteiger partial charge in [-0.05, 0) is 91.2 Å². The molecule has 9 rings (SSSR count). The number of rotatable bonds is 26. The minimum Gasteiger partial charge on any atom is -0.493 e. The number of nitrogens with zero attached hydrogens (tertiary/aromatic N) is 7. The van der Waals surface area contributed by atoms with E-state index < -0.39 is 45.1 Å². The lowest BCUT2D eigenvalue weighted by molar-refractivity contribution is -0.144. The molecular weight excluding hydrogens is 1140 g/mol. The molecule has 17 nitrogen and oxygen atoms in total. The van der Waals surface area contributed by atoms with E-state index in [1.807, 2.05) is 75.7 Å². The van der Waals surface area contributed by atoms with Gasteiger partial charge in [0, 0.05) is 95.0 Å². The molecule has 4 aromatic carbocycles. The zero-order valence-electron chi connectivity index (χ0n) is 50.3. The monoisotopic (exact) mass is 1220 g/mol. The van der Waals surface area contributed by atoms with Crippen LogP contribution in [0.3, 0.4) is 0 Å². The van der Waals surface area contributed by atoms with Gasteiger partial charge in [0.05, 0.1) is 70.3 Å². The van der Waals surface area contributed by atoms with Crippen LogP contribution in [0.2, 0.25) is 0 Å². The maximum Gasteiger partial charge on any atom is 0.246 e. The number of thiazole rings is 1. The number of para-hydroxylation sites is 1. The largest absolute Gasteiger partial charge is 0.493 e. The first-order valence-electron chi connectivity index (χ1n) is 30.3. The van der Waals surface area contributed by atoms with Crippen molar-refractivity contribution in [2.45, 2.75) is 123 Å². The van der Waals surface area contributed by atoms with Crippen molar-refractivity contribution < 1.29 is 46.2 Å². The Balaban J connectivity index is 0.634. The van der Waals surface area contributed by atoms with Crippen molar-refractivity contribution in [2.75, 3.05) is 84.1 Å². The smallest absolute Gasteiger partial charge is 0.246 e. The number of carbonyl (C=O) groups is 3. The number of likely N-dealkylation sites (tertiary alicyclic amines) is 1. The second-order valence-electron chi connectivity index (χ2n) is 24.2. The fraction of sp³-hybridized carbons (Fsp3) is 0.508. The normalized spacial score (nSPS) is 18.1. The van der Waals surface area contributed by atoms with E-state index in [1.54, 1.807) is 47.7 Å². The number of carbonyl (C=O) groups excluding carboxylic acids is 3. The molecular formula is C65H83F2N9O8S2. The minimum absolute atomic E-state index is 0.0170. The predicted octanol–water partition coefficient (Wildman–Crippen LogP) is 9.23. The summed E-state index contributed by atoms with van der Waals surface area (Å²) in [4.78, 5) is 64.1. The Kier molecular flexibility index (Phi) is 21.9. The number of sulfone groups is 1. The number of fused-ring (bicyclic) bond motifs is 1. The summed E-state index contributed by atoms with van der Waals surface area (Å²) in [6, 6.07) is 19.8. The molecule has 5 heterocycles. The van der Waals surface area contributed by atoms with Crippen molar-refractivity contribution in [3.8, 4) is 44.3 Å². The molecule has 86 heavy (non-hydrogen) atoms. The fourth-order valence-corrected chi connectivity index (χ4v) is 13.7. The van der Waals surface area contributed by atoms with E-state index in [9.17, 15) is 27.9 Å². The molecule has 6 aromatic rings. The van der Waals surface area contributed by atoms with Gasteiger partial charge in [-0.3, -0.25) is 24.3 Å². The van der Waals surface area contributed by atoms with Gasteiger partial charge in [-0.1, -0.05) is 89.3 Å². The van der Waals surface area contributed by atoms with Crippen LogP contribution in [0.25, 0.3) is 43.9 Å². The van der Waals surface area contributed by atoms with Crippen molar-refractivity contribution in [3.05, 3.63) is 113 Å². The van der Waals surface area contributed by atoms with Gasteiger partial charge in [0.1, 0.15) is 23.7 Å². The highest BCUT2D eigenvalue weighted by Gasteiger charge is 2.44. The number of hydrogen-bond acceptors (Lipinski definition) is 15. The van der Waals surface area contributed by atoms with Gasteiger partial charge >= 0.3 is 0 Å². The number of aliphatic hydroxyl groups excluding tert-OH is 1. The van der Waals surface area contributed by atoms with Crippen LogP contribution >= 0.6 is 11.3 Å². The molecule has 0 saturated carbocycles. The summed E-state index contributed by atoms with van der Waals surface area (Å²) >= 11 is 1.58. The third-order valence-corrected chi connectivity index (χ3v) is 19.3. The van der Waals surface area contributed by atoms with E-state index in [0.717, 1.165) is 111 Å². The minimum atomic E-state index is -3.12. The Morgan fingerprint density at radius 1 is 0.791 bits per heavy atom. The number of aromatic nitrogens is 3. The SMILES string of the molecule is COc1cc(-c2cnc3cccc(-c4cc(F)c(CN5CCS(=O)(=O)CC5)c(F)c4)c3n2)ccc1OCCCN1CCN(CCCCCCCCCC(=O)N[C@H](C(=O)N2C[C@H](O)C[C@H]2C(=O)NCc2ccc(-c3scnc3C)cc2)C(C)(C)C)CC1. The Hall–Kier alpha value is -6.49. The van der Waals surface area contributed by atoms with Gasteiger partial charge < -0.3 is 39.9 Å². The highest BCUT2D eigenvalue weighted by molar-refractivity contribution is 7.91. The molecule has 3 amide bonds. The number of aryl methyl sites for hydroxylation is 1. The Bertz CT molecular complexity index is 3370. The van der Waals surface area contributed by atoms with Crippen molar-refractivity contribution in [2.24, 2.45) is 5.41 Å². The molecule has 0 radical (unpaired) electrons. The van der Waals surface area contributed by atoms with Crippen LogP contribution < -0.4 is 20.1 Å². The van der Waals surface area contributed by atoms with Crippen LogP contribution in [-0.2, 0) is 37.3 Å². The molecule has 2 aromatic heterocycles. The first kappa shape index (κ1) is 64.0. The maximum absolute atomic E-state index is 15.6. The van der Waals surface area contributed by atoms with Crippen LogP contribution in [0.4, 0.5) is 8.78 Å². The van der Waals surface area contributed by atoms with E-state index >= 15 is 8.78 Å².